The molecular formula is C11H19N3O. The van der Waals surface area contributed by atoms with Crippen LogP contribution >= 0.6 is 0 Å². The van der Waals surface area contributed by atoms with Crippen molar-refractivity contribution in [2.45, 2.75) is 26.2 Å². The Kier molecular flexibility index (Phi) is 5.13. The molecular weight excluding hydrogens is 190 g/mol. The van der Waals surface area contributed by atoms with Crippen LogP contribution in [0.2, 0.25) is 0 Å². The van der Waals surface area contributed by atoms with Crippen molar-refractivity contribution in [2.24, 2.45) is 17.0 Å². The third-order valence-electron chi connectivity index (χ3n) is 2.94. The second-order valence-corrected chi connectivity index (χ2v) is 3.92. The molecule has 0 radical (unpaired) electrons. The highest BCUT2D eigenvalue weighted by Gasteiger charge is 2.29. The Morgan fingerprint density at radius 3 is 3.07 bits per heavy atom. The highest BCUT2D eigenvalue weighted by molar-refractivity contribution is 6.00. The van der Waals surface area contributed by atoms with E-state index < -0.39 is 0 Å². The largest absolute Gasteiger partial charge is 0.398 e. The van der Waals surface area contributed by atoms with Crippen molar-refractivity contribution in [1.29, 1.82) is 5.26 Å². The standard InChI is InChI=1S/C11H19N3O/c1-3-4-9-5-6-13-8-10(9)11(7-12)14-15-2/h9-10,13H,3-6,8H2,1-2H3/b14-11+. The predicted octanol–water partition coefficient (Wildman–Crippen LogP) is 1.54. The number of hydrogen-bond donors (Lipinski definition) is 1. The number of hydrogen-bond acceptors (Lipinski definition) is 4. The first kappa shape index (κ1) is 12.0. The van der Waals surface area contributed by atoms with Crippen LogP contribution in [0.1, 0.15) is 26.2 Å². The number of nitrogens with zero attached hydrogens (tertiary/aromatic N) is 2. The summed E-state index contributed by atoms with van der Waals surface area (Å²) in [7, 11) is 1.49. The number of oxime groups is 1. The molecule has 2 atom stereocenters. The van der Waals surface area contributed by atoms with E-state index >= 15 is 0 Å². The van der Waals surface area contributed by atoms with E-state index in [-0.39, 0.29) is 5.92 Å². The zero-order chi connectivity index (χ0) is 11.1. The molecule has 0 aromatic carbocycles. The Morgan fingerprint density at radius 2 is 2.47 bits per heavy atom. The van der Waals surface area contributed by atoms with Gasteiger partial charge in [0, 0.05) is 12.5 Å². The summed E-state index contributed by atoms with van der Waals surface area (Å²) in [6.45, 7) is 4.08. The van der Waals surface area contributed by atoms with Gasteiger partial charge in [0.25, 0.3) is 0 Å². The van der Waals surface area contributed by atoms with Crippen LogP contribution in [0, 0.1) is 23.2 Å². The molecule has 0 aliphatic carbocycles. The molecule has 0 spiro atoms. The lowest BCUT2D eigenvalue weighted by Crippen LogP contribution is -2.40. The molecule has 1 aliphatic rings. The molecule has 0 aromatic rings. The Hall–Kier alpha value is -1.08. The van der Waals surface area contributed by atoms with Gasteiger partial charge >= 0.3 is 0 Å². The highest BCUT2D eigenvalue weighted by atomic mass is 16.6. The minimum atomic E-state index is 0.226. The number of nitriles is 1. The van der Waals surface area contributed by atoms with Gasteiger partial charge in [0.05, 0.1) is 0 Å². The van der Waals surface area contributed by atoms with Gasteiger partial charge in [-0.25, -0.2) is 0 Å². The Bertz CT molecular complexity index is 255. The smallest absolute Gasteiger partial charge is 0.161 e. The topological polar surface area (TPSA) is 57.4 Å². The van der Waals surface area contributed by atoms with Crippen molar-refractivity contribution in [3.63, 3.8) is 0 Å². The van der Waals surface area contributed by atoms with Crippen LogP contribution in [-0.2, 0) is 4.84 Å². The number of piperidine rings is 1. The second kappa shape index (κ2) is 6.41. The van der Waals surface area contributed by atoms with Crippen LogP contribution in [0.15, 0.2) is 5.16 Å². The van der Waals surface area contributed by atoms with Crippen molar-refractivity contribution in [2.75, 3.05) is 20.2 Å². The Balaban J connectivity index is 2.70. The fourth-order valence-corrected chi connectivity index (χ4v) is 2.22. The van der Waals surface area contributed by atoms with Crippen LogP contribution in [0.25, 0.3) is 0 Å². The summed E-state index contributed by atoms with van der Waals surface area (Å²) in [5.41, 5.74) is 0.531. The fourth-order valence-electron chi connectivity index (χ4n) is 2.22. The molecule has 84 valence electrons. The van der Waals surface area contributed by atoms with Gasteiger partial charge < -0.3 is 10.2 Å². The van der Waals surface area contributed by atoms with Gasteiger partial charge in [-0.1, -0.05) is 18.5 Å². The maximum absolute atomic E-state index is 9.01. The van der Waals surface area contributed by atoms with E-state index in [0.717, 1.165) is 32.4 Å². The summed E-state index contributed by atoms with van der Waals surface area (Å²) in [5, 5.41) is 16.1. The van der Waals surface area contributed by atoms with E-state index in [0.29, 0.717) is 11.6 Å². The zero-order valence-electron chi connectivity index (χ0n) is 9.49. The average molecular weight is 209 g/mol. The molecule has 0 aromatic heterocycles. The van der Waals surface area contributed by atoms with E-state index in [1.807, 2.05) is 0 Å². The van der Waals surface area contributed by atoms with E-state index in [1.165, 1.54) is 7.11 Å². The normalized spacial score (nSPS) is 27.1. The minimum Gasteiger partial charge on any atom is -0.398 e. The molecule has 1 rings (SSSR count). The third kappa shape index (κ3) is 3.21. The second-order valence-electron chi connectivity index (χ2n) is 3.92. The van der Waals surface area contributed by atoms with E-state index in [4.69, 9.17) is 10.1 Å². The molecule has 0 amide bonds. The lowest BCUT2D eigenvalue weighted by molar-refractivity contribution is 0.206. The lowest BCUT2D eigenvalue weighted by Gasteiger charge is -2.30. The van der Waals surface area contributed by atoms with Crippen molar-refractivity contribution in [3.05, 3.63) is 0 Å². The van der Waals surface area contributed by atoms with Crippen molar-refractivity contribution in [1.82, 2.24) is 5.32 Å². The van der Waals surface area contributed by atoms with Gasteiger partial charge in [0.15, 0.2) is 5.71 Å². The van der Waals surface area contributed by atoms with Crippen LogP contribution in [0.4, 0.5) is 0 Å². The molecule has 1 fully saturated rings. The third-order valence-corrected chi connectivity index (χ3v) is 2.94. The Labute approximate surface area is 91.3 Å². The molecule has 2 unspecified atom stereocenters. The summed E-state index contributed by atoms with van der Waals surface area (Å²) < 4.78 is 0. The average Bonchev–Trinajstić information content (AvgIpc) is 2.27. The fraction of sp³-hybridized carbons (Fsp3) is 0.818. The van der Waals surface area contributed by atoms with Crippen LogP contribution < -0.4 is 5.32 Å². The van der Waals surface area contributed by atoms with Crippen molar-refractivity contribution in [3.8, 4) is 6.07 Å². The van der Waals surface area contributed by atoms with Gasteiger partial charge in [0.2, 0.25) is 0 Å². The summed E-state index contributed by atoms with van der Waals surface area (Å²) in [6, 6.07) is 2.15. The summed E-state index contributed by atoms with van der Waals surface area (Å²) in [5.74, 6) is 0.799. The summed E-state index contributed by atoms with van der Waals surface area (Å²) in [4.78, 5) is 4.71. The first-order chi connectivity index (χ1) is 7.33. The van der Waals surface area contributed by atoms with Crippen LogP contribution in [-0.4, -0.2) is 25.9 Å². The molecule has 1 aliphatic heterocycles. The van der Waals surface area contributed by atoms with Gasteiger partial charge in [-0.15, -0.1) is 0 Å². The van der Waals surface area contributed by atoms with Crippen molar-refractivity contribution >= 4 is 5.71 Å². The molecule has 1 N–H and O–H groups in total. The van der Waals surface area contributed by atoms with Gasteiger partial charge in [-0.05, 0) is 25.3 Å². The molecule has 0 saturated carbocycles. The first-order valence-electron chi connectivity index (χ1n) is 5.55. The van der Waals surface area contributed by atoms with Gasteiger partial charge in [-0.3, -0.25) is 0 Å². The molecule has 4 heteroatoms. The van der Waals surface area contributed by atoms with E-state index in [2.05, 4.69) is 23.5 Å². The molecule has 15 heavy (non-hydrogen) atoms. The van der Waals surface area contributed by atoms with Crippen LogP contribution in [0.5, 0.6) is 0 Å². The zero-order valence-corrected chi connectivity index (χ0v) is 9.49. The predicted molar refractivity (Wildman–Crippen MR) is 59.4 cm³/mol. The molecule has 0 bridgehead atoms. The van der Waals surface area contributed by atoms with E-state index in [1.54, 1.807) is 0 Å². The summed E-state index contributed by atoms with van der Waals surface area (Å²) in [6.07, 6.45) is 3.45. The minimum absolute atomic E-state index is 0.226. The number of nitrogens with one attached hydrogen (secondary N) is 1. The lowest BCUT2D eigenvalue weighted by atomic mass is 9.81. The molecule has 4 nitrogen and oxygen atoms in total. The van der Waals surface area contributed by atoms with Gasteiger partial charge in [0.1, 0.15) is 13.2 Å². The van der Waals surface area contributed by atoms with Gasteiger partial charge in [-0.2, -0.15) is 5.26 Å². The molecule has 1 saturated heterocycles. The highest BCUT2D eigenvalue weighted by Crippen LogP contribution is 2.25. The number of rotatable bonds is 4. The monoisotopic (exact) mass is 209 g/mol. The maximum atomic E-state index is 9.01. The SMILES string of the molecule is CCCC1CCNCC1/C(C#N)=N/OC. The van der Waals surface area contributed by atoms with Crippen molar-refractivity contribution < 1.29 is 4.84 Å². The first-order valence-corrected chi connectivity index (χ1v) is 5.55. The summed E-state index contributed by atoms with van der Waals surface area (Å²) >= 11 is 0. The van der Waals surface area contributed by atoms with E-state index in [9.17, 15) is 0 Å². The maximum Gasteiger partial charge on any atom is 0.161 e. The quantitative estimate of drug-likeness (QED) is 0.564. The van der Waals surface area contributed by atoms with Crippen LogP contribution in [0.3, 0.4) is 0 Å². The Morgan fingerprint density at radius 1 is 1.67 bits per heavy atom. The molecule has 1 heterocycles.